The van der Waals surface area contributed by atoms with Crippen LogP contribution in [0.4, 0.5) is 10.6 Å². The summed E-state index contributed by atoms with van der Waals surface area (Å²) in [5.74, 6) is 1.02. The molecular formula is C18H24BrN7O2. The minimum absolute atomic E-state index is 0.278. The number of fused-ring (bicyclic) bond motifs is 1. The molecule has 2 aromatic rings. The van der Waals surface area contributed by atoms with Gasteiger partial charge in [-0.2, -0.15) is 0 Å². The number of nitrogens with zero attached hydrogens (tertiary/aromatic N) is 7. The normalized spacial score (nSPS) is 14.9. The lowest BCUT2D eigenvalue weighted by molar-refractivity contribution is 0.0240. The van der Waals surface area contributed by atoms with Crippen LogP contribution < -0.4 is 4.90 Å². The molecule has 0 radical (unpaired) electrons. The van der Waals surface area contributed by atoms with Crippen molar-refractivity contribution in [1.82, 2.24) is 14.3 Å². The third-order valence-corrected chi connectivity index (χ3v) is 5.11. The van der Waals surface area contributed by atoms with E-state index in [0.717, 1.165) is 21.4 Å². The van der Waals surface area contributed by atoms with Crippen LogP contribution in [0.25, 0.3) is 16.0 Å². The second-order valence-electron chi connectivity index (χ2n) is 7.65. The molecule has 0 bridgehead atoms. The number of imidazole rings is 1. The summed E-state index contributed by atoms with van der Waals surface area (Å²) in [6.45, 7) is 8.52. The maximum atomic E-state index is 12.3. The summed E-state index contributed by atoms with van der Waals surface area (Å²) in [6, 6.07) is 2.06. The number of azide groups is 1. The van der Waals surface area contributed by atoms with Crippen molar-refractivity contribution in [3.05, 3.63) is 39.1 Å². The molecule has 9 nitrogen and oxygen atoms in total. The van der Waals surface area contributed by atoms with E-state index in [0.29, 0.717) is 39.1 Å². The Morgan fingerprint density at radius 2 is 2.07 bits per heavy atom. The fourth-order valence-corrected chi connectivity index (χ4v) is 3.84. The zero-order chi connectivity index (χ0) is 20.3. The Morgan fingerprint density at radius 3 is 2.71 bits per heavy atom. The van der Waals surface area contributed by atoms with Gasteiger partial charge in [-0.1, -0.05) is 5.11 Å². The number of amides is 1. The Balaban J connectivity index is 1.82. The van der Waals surface area contributed by atoms with Crippen LogP contribution in [0.5, 0.6) is 0 Å². The first-order chi connectivity index (χ1) is 13.3. The van der Waals surface area contributed by atoms with Gasteiger partial charge in [-0.15, -0.1) is 0 Å². The molecule has 1 saturated heterocycles. The predicted molar refractivity (Wildman–Crippen MR) is 111 cm³/mol. The van der Waals surface area contributed by atoms with Crippen LogP contribution >= 0.6 is 15.9 Å². The molecule has 0 aliphatic carbocycles. The third kappa shape index (κ3) is 4.51. The number of rotatable bonds is 4. The minimum Gasteiger partial charge on any atom is -0.444 e. The van der Waals surface area contributed by atoms with Crippen LogP contribution in [-0.2, 0) is 11.2 Å². The summed E-state index contributed by atoms with van der Waals surface area (Å²) in [6.07, 6.45) is 3.94. The van der Waals surface area contributed by atoms with E-state index < -0.39 is 5.60 Å². The number of hydrogen-bond donors (Lipinski definition) is 0. The molecule has 1 aliphatic heterocycles. The van der Waals surface area contributed by atoms with Crippen molar-refractivity contribution in [2.75, 3.05) is 37.6 Å². The first-order valence-corrected chi connectivity index (χ1v) is 9.96. The molecule has 10 heteroatoms. The molecule has 1 amide bonds. The Bertz CT molecular complexity index is 907. The van der Waals surface area contributed by atoms with Crippen molar-refractivity contribution >= 4 is 33.4 Å². The smallest absolute Gasteiger partial charge is 0.410 e. The number of halogens is 1. The van der Waals surface area contributed by atoms with E-state index in [9.17, 15) is 4.79 Å². The second-order valence-corrected chi connectivity index (χ2v) is 8.50. The largest absolute Gasteiger partial charge is 0.444 e. The van der Waals surface area contributed by atoms with E-state index >= 15 is 0 Å². The summed E-state index contributed by atoms with van der Waals surface area (Å²) >= 11 is 3.60. The van der Waals surface area contributed by atoms with Gasteiger partial charge in [0.2, 0.25) is 0 Å². The molecule has 28 heavy (non-hydrogen) atoms. The average molecular weight is 450 g/mol. The number of anilines is 1. The Kier molecular flexibility index (Phi) is 6.00. The van der Waals surface area contributed by atoms with E-state index in [-0.39, 0.29) is 6.09 Å². The number of hydrogen-bond acceptors (Lipinski definition) is 5. The van der Waals surface area contributed by atoms with Crippen LogP contribution in [0, 0.1) is 0 Å². The minimum atomic E-state index is -0.503. The number of pyridine rings is 1. The van der Waals surface area contributed by atoms with Crippen molar-refractivity contribution in [1.29, 1.82) is 0 Å². The quantitative estimate of drug-likeness (QED) is 0.399. The van der Waals surface area contributed by atoms with Gasteiger partial charge in [-0.25, -0.2) is 9.78 Å². The van der Waals surface area contributed by atoms with E-state index in [1.54, 1.807) is 11.2 Å². The zero-order valence-electron chi connectivity index (χ0n) is 16.3. The van der Waals surface area contributed by atoms with Gasteiger partial charge in [0.05, 0.1) is 11.7 Å². The van der Waals surface area contributed by atoms with Gasteiger partial charge >= 0.3 is 6.09 Å². The molecule has 1 fully saturated rings. The molecule has 2 aromatic heterocycles. The van der Waals surface area contributed by atoms with Crippen LogP contribution in [-0.4, -0.2) is 58.7 Å². The highest BCUT2D eigenvalue weighted by molar-refractivity contribution is 9.10. The van der Waals surface area contributed by atoms with Gasteiger partial charge in [0.15, 0.2) is 0 Å². The van der Waals surface area contributed by atoms with Crippen molar-refractivity contribution in [2.45, 2.75) is 32.8 Å². The van der Waals surface area contributed by atoms with E-state index in [1.807, 2.05) is 31.4 Å². The van der Waals surface area contributed by atoms with Gasteiger partial charge in [-0.05, 0) is 60.3 Å². The first kappa shape index (κ1) is 20.3. The fraction of sp³-hybridized carbons (Fsp3) is 0.556. The number of ether oxygens (including phenoxy) is 1. The van der Waals surface area contributed by atoms with Crippen LogP contribution in [0.15, 0.2) is 28.2 Å². The SMILES string of the molecule is CC(C)(C)OC(=O)N1CCN(c2c(CCN=[N+]=[N-])cc(Br)c3cncn23)CC1. The highest BCUT2D eigenvalue weighted by Gasteiger charge is 2.27. The highest BCUT2D eigenvalue weighted by Crippen LogP contribution is 2.30. The number of aromatic nitrogens is 2. The lowest BCUT2D eigenvalue weighted by atomic mass is 10.1. The predicted octanol–water partition coefficient (Wildman–Crippen LogP) is 4.01. The van der Waals surface area contributed by atoms with Gasteiger partial charge in [0.1, 0.15) is 17.7 Å². The summed E-state index contributed by atoms with van der Waals surface area (Å²) in [5.41, 5.74) is 10.1. The third-order valence-electron chi connectivity index (χ3n) is 4.47. The standard InChI is InChI=1S/C18H24BrN7O2/c1-18(2,3)28-17(27)25-8-6-24(7-9-25)16-13(4-5-22-23-20)10-14(19)15-11-21-12-26(15)16/h10-12H,4-9H2,1-3H3. The van der Waals surface area contributed by atoms with Crippen molar-refractivity contribution in [3.63, 3.8) is 0 Å². The van der Waals surface area contributed by atoms with E-state index in [4.69, 9.17) is 10.3 Å². The topological polar surface area (TPSA) is 98.8 Å². The van der Waals surface area contributed by atoms with Crippen molar-refractivity contribution in [2.24, 2.45) is 5.11 Å². The molecular weight excluding hydrogens is 426 g/mol. The summed E-state index contributed by atoms with van der Waals surface area (Å²) in [4.78, 5) is 23.4. The van der Waals surface area contributed by atoms with Gasteiger partial charge < -0.3 is 14.5 Å². The molecule has 3 heterocycles. The van der Waals surface area contributed by atoms with Gasteiger partial charge in [-0.3, -0.25) is 4.40 Å². The maximum absolute atomic E-state index is 12.3. The zero-order valence-corrected chi connectivity index (χ0v) is 17.9. The molecule has 0 spiro atoms. The molecule has 3 rings (SSSR count). The van der Waals surface area contributed by atoms with E-state index in [2.05, 4.69) is 41.9 Å². The first-order valence-electron chi connectivity index (χ1n) is 9.17. The van der Waals surface area contributed by atoms with Crippen LogP contribution in [0.3, 0.4) is 0 Å². The van der Waals surface area contributed by atoms with Crippen molar-refractivity contribution in [3.8, 4) is 0 Å². The Hall–Kier alpha value is -2.45. The fourth-order valence-electron chi connectivity index (χ4n) is 3.27. The summed E-state index contributed by atoms with van der Waals surface area (Å²) in [7, 11) is 0. The van der Waals surface area contributed by atoms with Crippen LogP contribution in [0.2, 0.25) is 0 Å². The second kappa shape index (κ2) is 8.28. The lowest BCUT2D eigenvalue weighted by Crippen LogP contribution is -2.50. The highest BCUT2D eigenvalue weighted by atomic mass is 79.9. The molecule has 1 aliphatic rings. The maximum Gasteiger partial charge on any atom is 0.410 e. The Labute approximate surface area is 172 Å². The lowest BCUT2D eigenvalue weighted by Gasteiger charge is -2.37. The number of piperazine rings is 1. The van der Waals surface area contributed by atoms with E-state index in [1.165, 1.54) is 0 Å². The molecule has 0 N–H and O–H groups in total. The molecule has 150 valence electrons. The van der Waals surface area contributed by atoms with Gasteiger partial charge in [0, 0.05) is 42.1 Å². The van der Waals surface area contributed by atoms with Crippen molar-refractivity contribution < 1.29 is 9.53 Å². The molecule has 0 saturated carbocycles. The monoisotopic (exact) mass is 449 g/mol. The number of carbonyl (C=O) groups excluding carboxylic acids is 1. The average Bonchev–Trinajstić information content (AvgIpc) is 3.11. The van der Waals surface area contributed by atoms with Gasteiger partial charge in [0.25, 0.3) is 0 Å². The van der Waals surface area contributed by atoms with Crippen LogP contribution in [0.1, 0.15) is 26.3 Å². The summed E-state index contributed by atoms with van der Waals surface area (Å²) in [5, 5.41) is 3.67. The number of carbonyl (C=O) groups is 1. The molecule has 0 atom stereocenters. The Morgan fingerprint density at radius 1 is 1.36 bits per heavy atom. The summed E-state index contributed by atoms with van der Waals surface area (Å²) < 4.78 is 8.46. The molecule has 0 aromatic carbocycles. The molecule has 0 unspecified atom stereocenters.